The second kappa shape index (κ2) is 8.90. The van der Waals surface area contributed by atoms with Crippen molar-refractivity contribution in [3.05, 3.63) is 99.9 Å². The van der Waals surface area contributed by atoms with Crippen LogP contribution in [0.3, 0.4) is 0 Å². The summed E-state index contributed by atoms with van der Waals surface area (Å²) in [5.41, 5.74) is 1.26. The molecule has 0 N–H and O–H groups in total. The van der Waals surface area contributed by atoms with Crippen LogP contribution in [0.4, 0.5) is 0 Å². The molecule has 1 aromatic heterocycles. The topological polar surface area (TPSA) is 103 Å². The van der Waals surface area contributed by atoms with Gasteiger partial charge < -0.3 is 13.9 Å². The van der Waals surface area contributed by atoms with Crippen molar-refractivity contribution in [3.63, 3.8) is 0 Å². The summed E-state index contributed by atoms with van der Waals surface area (Å²) < 4.78 is 16.7. The van der Waals surface area contributed by atoms with Crippen molar-refractivity contribution in [2.75, 3.05) is 6.54 Å². The molecule has 0 saturated heterocycles. The Labute approximate surface area is 199 Å². The lowest BCUT2D eigenvalue weighted by Crippen LogP contribution is -2.36. The summed E-state index contributed by atoms with van der Waals surface area (Å²) in [4.78, 5) is 51.1. The van der Waals surface area contributed by atoms with Crippen LogP contribution in [0, 0.1) is 0 Å². The first-order chi connectivity index (χ1) is 17.0. The summed E-state index contributed by atoms with van der Waals surface area (Å²) >= 11 is 0. The van der Waals surface area contributed by atoms with Gasteiger partial charge in [-0.1, -0.05) is 37.3 Å². The molecule has 3 aromatic carbocycles. The van der Waals surface area contributed by atoms with Crippen molar-refractivity contribution in [2.24, 2.45) is 0 Å². The van der Waals surface area contributed by atoms with Crippen LogP contribution >= 0.6 is 0 Å². The molecule has 5 rings (SSSR count). The van der Waals surface area contributed by atoms with Gasteiger partial charge >= 0.3 is 5.97 Å². The molecule has 0 unspecified atom stereocenters. The van der Waals surface area contributed by atoms with Gasteiger partial charge in [-0.15, -0.1) is 0 Å². The maximum Gasteiger partial charge on any atom is 0.331 e. The first kappa shape index (κ1) is 22.1. The second-order valence-electron chi connectivity index (χ2n) is 7.87. The number of fused-ring (bicyclic) bond motifs is 2. The van der Waals surface area contributed by atoms with E-state index in [-0.39, 0.29) is 39.0 Å². The molecule has 2 heterocycles. The zero-order chi connectivity index (χ0) is 24.5. The highest BCUT2D eigenvalue weighted by Gasteiger charge is 2.36. The Balaban J connectivity index is 1.33. The normalized spacial score (nSPS) is 12.7. The fourth-order valence-corrected chi connectivity index (χ4v) is 3.91. The Hall–Kier alpha value is -4.72. The van der Waals surface area contributed by atoms with Crippen LogP contribution in [0.5, 0.6) is 17.2 Å². The van der Waals surface area contributed by atoms with Crippen molar-refractivity contribution in [1.29, 1.82) is 0 Å². The predicted molar refractivity (Wildman–Crippen MR) is 126 cm³/mol. The van der Waals surface area contributed by atoms with Gasteiger partial charge in [0.1, 0.15) is 29.9 Å². The number of nitrogens with zero attached hydrogens (tertiary/aromatic N) is 1. The number of hydrogen-bond donors (Lipinski definition) is 0. The van der Waals surface area contributed by atoms with E-state index in [9.17, 15) is 19.2 Å². The lowest BCUT2D eigenvalue weighted by atomic mass is 10.1. The zero-order valence-corrected chi connectivity index (χ0v) is 18.6. The van der Waals surface area contributed by atoms with Crippen LogP contribution in [0.2, 0.25) is 0 Å². The predicted octanol–water partition coefficient (Wildman–Crippen LogP) is 4.35. The van der Waals surface area contributed by atoms with E-state index in [2.05, 4.69) is 0 Å². The summed E-state index contributed by atoms with van der Waals surface area (Å²) in [5, 5.41) is 0.247. The third-order valence-electron chi connectivity index (χ3n) is 5.68. The minimum Gasteiger partial charge on any atom is -0.460 e. The van der Waals surface area contributed by atoms with Crippen molar-refractivity contribution >= 4 is 28.8 Å². The Morgan fingerprint density at radius 2 is 1.57 bits per heavy atom. The highest BCUT2D eigenvalue weighted by Crippen LogP contribution is 2.27. The molecular formula is C27H19NO7. The number of aryl methyl sites for hydroxylation is 1. The number of carbonyl (C=O) groups is 3. The van der Waals surface area contributed by atoms with E-state index >= 15 is 0 Å². The van der Waals surface area contributed by atoms with E-state index < -0.39 is 24.3 Å². The van der Waals surface area contributed by atoms with Crippen molar-refractivity contribution in [1.82, 2.24) is 4.90 Å². The fourth-order valence-electron chi connectivity index (χ4n) is 3.91. The van der Waals surface area contributed by atoms with E-state index in [0.717, 1.165) is 16.9 Å². The number of para-hydroxylation sites is 1. The van der Waals surface area contributed by atoms with Crippen molar-refractivity contribution in [2.45, 2.75) is 13.3 Å². The quantitative estimate of drug-likeness (QED) is 0.235. The molecule has 8 heteroatoms. The molecule has 2 amide bonds. The highest BCUT2D eigenvalue weighted by atomic mass is 16.5. The number of ether oxygens (including phenoxy) is 2. The van der Waals surface area contributed by atoms with Crippen LogP contribution in [0.15, 0.2) is 82.2 Å². The molecule has 0 fully saturated rings. The molecule has 8 nitrogen and oxygen atoms in total. The van der Waals surface area contributed by atoms with Crippen molar-refractivity contribution in [3.8, 4) is 17.2 Å². The Bertz CT molecular complexity index is 1520. The zero-order valence-electron chi connectivity index (χ0n) is 18.6. The SMILES string of the molecule is CCc1ccccc1Oc1coc2cc(OC(=O)CN3C(=O)c4ccccc4C3=O)ccc2c1=O. The van der Waals surface area contributed by atoms with Gasteiger partial charge in [0.2, 0.25) is 11.2 Å². The Morgan fingerprint density at radius 1 is 0.886 bits per heavy atom. The van der Waals surface area contributed by atoms with Crippen LogP contribution in [0.25, 0.3) is 11.0 Å². The van der Waals surface area contributed by atoms with E-state index in [0.29, 0.717) is 5.75 Å². The highest BCUT2D eigenvalue weighted by molar-refractivity contribution is 6.22. The smallest absolute Gasteiger partial charge is 0.331 e. The van der Waals surface area contributed by atoms with Gasteiger partial charge in [-0.2, -0.15) is 0 Å². The van der Waals surface area contributed by atoms with Gasteiger partial charge in [0.25, 0.3) is 11.8 Å². The van der Waals surface area contributed by atoms with Gasteiger partial charge in [-0.05, 0) is 42.3 Å². The van der Waals surface area contributed by atoms with Gasteiger partial charge in [0.15, 0.2) is 0 Å². The number of hydrogen-bond acceptors (Lipinski definition) is 7. The number of benzene rings is 3. The van der Waals surface area contributed by atoms with E-state index in [1.807, 2.05) is 25.1 Å². The summed E-state index contributed by atoms with van der Waals surface area (Å²) in [6, 6.07) is 18.1. The fraction of sp³-hybridized carbons (Fsp3) is 0.111. The Kier molecular flexibility index (Phi) is 5.62. The molecule has 0 atom stereocenters. The van der Waals surface area contributed by atoms with Gasteiger partial charge in [-0.3, -0.25) is 19.3 Å². The van der Waals surface area contributed by atoms with Gasteiger partial charge in [-0.25, -0.2) is 4.79 Å². The largest absolute Gasteiger partial charge is 0.460 e. The summed E-state index contributed by atoms with van der Waals surface area (Å²) in [5.74, 6) is -1.20. The standard InChI is InChI=1S/C27H19NO7/c1-2-16-7-3-6-10-21(16)35-23-15-33-22-13-17(11-12-20(22)25(23)30)34-24(29)14-28-26(31)18-8-4-5-9-19(18)27(28)32/h3-13,15H,2,14H2,1H3. The van der Waals surface area contributed by atoms with Gasteiger partial charge in [0.05, 0.1) is 16.5 Å². The third kappa shape index (κ3) is 4.06. The van der Waals surface area contributed by atoms with Crippen LogP contribution in [-0.2, 0) is 11.2 Å². The molecule has 0 radical (unpaired) electrons. The average molecular weight is 469 g/mol. The molecule has 1 aliphatic rings. The summed E-state index contributed by atoms with van der Waals surface area (Å²) in [7, 11) is 0. The van der Waals surface area contributed by atoms with E-state index in [1.165, 1.54) is 36.6 Å². The lowest BCUT2D eigenvalue weighted by molar-refractivity contribution is -0.134. The monoisotopic (exact) mass is 469 g/mol. The maximum absolute atomic E-state index is 12.9. The van der Waals surface area contributed by atoms with Crippen molar-refractivity contribution < 1.29 is 28.3 Å². The van der Waals surface area contributed by atoms with E-state index in [4.69, 9.17) is 13.9 Å². The summed E-state index contributed by atoms with van der Waals surface area (Å²) in [6.07, 6.45) is 1.95. The maximum atomic E-state index is 12.9. The molecule has 0 bridgehead atoms. The second-order valence-corrected chi connectivity index (χ2v) is 7.87. The third-order valence-corrected chi connectivity index (χ3v) is 5.68. The minimum absolute atomic E-state index is 0.0359. The number of esters is 1. The van der Waals surface area contributed by atoms with Crippen LogP contribution in [0.1, 0.15) is 33.2 Å². The molecule has 174 valence electrons. The molecule has 0 saturated carbocycles. The average Bonchev–Trinajstić information content (AvgIpc) is 3.11. The number of carbonyl (C=O) groups excluding carboxylic acids is 3. The lowest BCUT2D eigenvalue weighted by Gasteiger charge is -2.13. The molecule has 4 aromatic rings. The first-order valence-electron chi connectivity index (χ1n) is 10.9. The molecule has 1 aliphatic heterocycles. The Morgan fingerprint density at radius 3 is 2.29 bits per heavy atom. The van der Waals surface area contributed by atoms with Crippen LogP contribution < -0.4 is 14.9 Å². The number of rotatable bonds is 6. The molecule has 35 heavy (non-hydrogen) atoms. The van der Waals surface area contributed by atoms with Crippen LogP contribution in [-0.4, -0.2) is 29.2 Å². The molecular weight excluding hydrogens is 450 g/mol. The summed E-state index contributed by atoms with van der Waals surface area (Å²) in [6.45, 7) is 1.44. The van der Waals surface area contributed by atoms with Gasteiger partial charge in [0, 0.05) is 6.07 Å². The minimum atomic E-state index is -0.808. The molecule has 0 spiro atoms. The first-order valence-corrected chi connectivity index (χ1v) is 10.9. The number of imide groups is 1. The van der Waals surface area contributed by atoms with E-state index in [1.54, 1.807) is 18.2 Å². The molecule has 0 aliphatic carbocycles. The number of amides is 2.